The number of amides is 1. The molecule has 1 fully saturated rings. The summed E-state index contributed by atoms with van der Waals surface area (Å²) < 4.78 is 3.36. The van der Waals surface area contributed by atoms with Gasteiger partial charge >= 0.3 is 0 Å². The quantitative estimate of drug-likeness (QED) is 0.499. The number of hydrogen-bond acceptors (Lipinski definition) is 5. The van der Waals surface area contributed by atoms with Gasteiger partial charge in [0, 0.05) is 44.8 Å². The summed E-state index contributed by atoms with van der Waals surface area (Å²) in [5.41, 5.74) is 4.27. The smallest absolute Gasteiger partial charge is 0.292 e. The van der Waals surface area contributed by atoms with Crippen LogP contribution in [0, 0.1) is 19.8 Å². The molecule has 1 aliphatic heterocycles. The van der Waals surface area contributed by atoms with E-state index in [0.717, 1.165) is 17.9 Å². The SMILES string of the molecule is Cc1nn(CC(C)C)c(C)c1CCC(=O)N1CCN(c2cnn(-c3ccccc3)c(=O)c2Cl)CC1. The Balaban J connectivity index is 1.36. The van der Waals surface area contributed by atoms with Crippen molar-refractivity contribution in [2.24, 2.45) is 5.92 Å². The second-order valence-electron chi connectivity index (χ2n) is 9.49. The van der Waals surface area contributed by atoms with Gasteiger partial charge in [-0.15, -0.1) is 0 Å². The molecule has 1 saturated heterocycles. The number of benzene rings is 1. The molecule has 3 heterocycles. The summed E-state index contributed by atoms with van der Waals surface area (Å²) in [6.07, 6.45) is 2.79. The molecule has 0 saturated carbocycles. The fourth-order valence-electron chi connectivity index (χ4n) is 4.60. The highest BCUT2D eigenvalue weighted by Gasteiger charge is 2.24. The van der Waals surface area contributed by atoms with Crippen LogP contribution in [0.3, 0.4) is 0 Å². The topological polar surface area (TPSA) is 76.3 Å². The largest absolute Gasteiger partial charge is 0.365 e. The minimum Gasteiger partial charge on any atom is -0.365 e. The first-order valence-electron chi connectivity index (χ1n) is 12.1. The Morgan fingerprint density at radius 3 is 2.43 bits per heavy atom. The summed E-state index contributed by atoms with van der Waals surface area (Å²) in [6, 6.07) is 9.21. The van der Waals surface area contributed by atoms with Crippen LogP contribution in [-0.4, -0.2) is 56.5 Å². The van der Waals surface area contributed by atoms with Gasteiger partial charge in [0.1, 0.15) is 5.02 Å². The molecule has 9 heteroatoms. The van der Waals surface area contributed by atoms with Crippen LogP contribution in [0.5, 0.6) is 0 Å². The van der Waals surface area contributed by atoms with Crippen LogP contribution < -0.4 is 10.5 Å². The summed E-state index contributed by atoms with van der Waals surface area (Å²) in [5.74, 6) is 0.664. The Hall–Kier alpha value is -3.13. The molecule has 3 aromatic rings. The number of carbonyl (C=O) groups excluding carboxylic acids is 1. The Kier molecular flexibility index (Phi) is 7.60. The van der Waals surface area contributed by atoms with E-state index < -0.39 is 0 Å². The molecule has 0 aliphatic carbocycles. The third kappa shape index (κ3) is 5.42. The predicted octanol–water partition coefficient (Wildman–Crippen LogP) is 3.64. The number of carbonyl (C=O) groups is 1. The highest BCUT2D eigenvalue weighted by molar-refractivity contribution is 6.33. The maximum absolute atomic E-state index is 12.9. The number of anilines is 1. The molecule has 8 nitrogen and oxygen atoms in total. The lowest BCUT2D eigenvalue weighted by Crippen LogP contribution is -2.49. The van der Waals surface area contributed by atoms with Crippen LogP contribution >= 0.6 is 11.6 Å². The van der Waals surface area contributed by atoms with Crippen LogP contribution in [0.1, 0.15) is 37.2 Å². The molecule has 2 aromatic heterocycles. The molecule has 0 atom stereocenters. The minimum absolute atomic E-state index is 0.142. The highest BCUT2D eigenvalue weighted by Crippen LogP contribution is 2.24. The summed E-state index contributed by atoms with van der Waals surface area (Å²) in [6.45, 7) is 11.7. The molecule has 0 radical (unpaired) electrons. The molecule has 186 valence electrons. The van der Waals surface area contributed by atoms with E-state index in [1.807, 2.05) is 47.1 Å². The molecule has 0 bridgehead atoms. The second-order valence-corrected chi connectivity index (χ2v) is 9.87. The van der Waals surface area contributed by atoms with E-state index in [1.165, 1.54) is 10.2 Å². The van der Waals surface area contributed by atoms with Gasteiger partial charge in [-0.25, -0.2) is 0 Å². The van der Waals surface area contributed by atoms with E-state index in [-0.39, 0.29) is 16.5 Å². The second kappa shape index (κ2) is 10.6. The summed E-state index contributed by atoms with van der Waals surface area (Å²) in [5, 5.41) is 9.14. The van der Waals surface area contributed by atoms with Crippen molar-refractivity contribution in [3.05, 3.63) is 68.9 Å². The van der Waals surface area contributed by atoms with Crippen LogP contribution in [0.25, 0.3) is 5.69 Å². The lowest BCUT2D eigenvalue weighted by Gasteiger charge is -2.36. The van der Waals surface area contributed by atoms with Gasteiger partial charge in [-0.1, -0.05) is 43.6 Å². The first-order valence-corrected chi connectivity index (χ1v) is 12.5. The van der Waals surface area contributed by atoms with Gasteiger partial charge in [0.2, 0.25) is 5.91 Å². The molecule has 35 heavy (non-hydrogen) atoms. The maximum atomic E-state index is 12.9. The number of para-hydroxylation sites is 1. The molecule has 1 aromatic carbocycles. The molecular weight excluding hydrogens is 464 g/mol. The third-order valence-corrected chi connectivity index (χ3v) is 6.89. The Labute approximate surface area is 211 Å². The van der Waals surface area contributed by atoms with Crippen molar-refractivity contribution >= 4 is 23.2 Å². The van der Waals surface area contributed by atoms with Crippen molar-refractivity contribution in [2.45, 2.75) is 47.1 Å². The number of aromatic nitrogens is 4. The lowest BCUT2D eigenvalue weighted by atomic mass is 10.1. The van der Waals surface area contributed by atoms with E-state index in [0.29, 0.717) is 56.3 Å². The van der Waals surface area contributed by atoms with E-state index in [4.69, 9.17) is 11.6 Å². The van der Waals surface area contributed by atoms with E-state index >= 15 is 0 Å². The van der Waals surface area contributed by atoms with Gasteiger partial charge in [0.25, 0.3) is 5.56 Å². The molecule has 0 spiro atoms. The third-order valence-electron chi connectivity index (χ3n) is 6.53. The first-order chi connectivity index (χ1) is 16.8. The molecule has 0 unspecified atom stereocenters. The number of piperazine rings is 1. The highest BCUT2D eigenvalue weighted by atomic mass is 35.5. The molecule has 1 aliphatic rings. The molecular formula is C26H33ClN6O2. The number of rotatable bonds is 7. The van der Waals surface area contributed by atoms with E-state index in [2.05, 4.69) is 35.7 Å². The molecule has 0 N–H and O–H groups in total. The van der Waals surface area contributed by atoms with Gasteiger partial charge in [-0.05, 0) is 43.9 Å². The van der Waals surface area contributed by atoms with Crippen molar-refractivity contribution in [2.75, 3.05) is 31.1 Å². The predicted molar refractivity (Wildman–Crippen MR) is 138 cm³/mol. The van der Waals surface area contributed by atoms with Gasteiger partial charge in [0.05, 0.1) is 23.3 Å². The van der Waals surface area contributed by atoms with Crippen molar-refractivity contribution in [3.8, 4) is 5.69 Å². The number of hydrogen-bond donors (Lipinski definition) is 0. The lowest BCUT2D eigenvalue weighted by molar-refractivity contribution is -0.131. The number of halogens is 1. The zero-order valence-corrected chi connectivity index (χ0v) is 21.6. The Bertz CT molecular complexity index is 1240. The van der Waals surface area contributed by atoms with Crippen LogP contribution in [-0.2, 0) is 17.8 Å². The normalized spacial score (nSPS) is 14.1. The average Bonchev–Trinajstić information content (AvgIpc) is 3.11. The van der Waals surface area contributed by atoms with Crippen molar-refractivity contribution in [1.82, 2.24) is 24.5 Å². The number of nitrogens with zero attached hydrogens (tertiary/aromatic N) is 6. The summed E-state index contributed by atoms with van der Waals surface area (Å²) in [4.78, 5) is 29.7. The van der Waals surface area contributed by atoms with Gasteiger partial charge < -0.3 is 9.80 Å². The van der Waals surface area contributed by atoms with Crippen molar-refractivity contribution in [1.29, 1.82) is 0 Å². The zero-order valence-electron chi connectivity index (χ0n) is 20.9. The van der Waals surface area contributed by atoms with E-state index in [9.17, 15) is 9.59 Å². The molecule has 1 amide bonds. The monoisotopic (exact) mass is 496 g/mol. The van der Waals surface area contributed by atoms with Gasteiger partial charge in [-0.2, -0.15) is 14.9 Å². The van der Waals surface area contributed by atoms with Crippen molar-refractivity contribution in [3.63, 3.8) is 0 Å². The van der Waals surface area contributed by atoms with Gasteiger partial charge in [-0.3, -0.25) is 14.3 Å². The summed E-state index contributed by atoms with van der Waals surface area (Å²) in [7, 11) is 0. The molecule has 4 rings (SSSR count). The fraction of sp³-hybridized carbons (Fsp3) is 0.462. The zero-order chi connectivity index (χ0) is 25.1. The fourth-order valence-corrected chi connectivity index (χ4v) is 4.85. The maximum Gasteiger partial charge on any atom is 0.292 e. The minimum atomic E-state index is -0.349. The summed E-state index contributed by atoms with van der Waals surface area (Å²) >= 11 is 6.46. The average molecular weight is 497 g/mol. The first kappa shape index (κ1) is 25.0. The van der Waals surface area contributed by atoms with E-state index in [1.54, 1.807) is 6.20 Å². The van der Waals surface area contributed by atoms with Gasteiger partial charge in [0.15, 0.2) is 0 Å². The van der Waals surface area contributed by atoms with Crippen molar-refractivity contribution < 1.29 is 4.79 Å². The van der Waals surface area contributed by atoms with Crippen LogP contribution in [0.15, 0.2) is 41.3 Å². The Morgan fingerprint density at radius 2 is 1.77 bits per heavy atom. The number of aryl methyl sites for hydroxylation is 1. The standard InChI is InChI=1S/C26H33ClN6O2/c1-18(2)17-32-20(4)22(19(3)29-32)10-11-24(34)31-14-12-30(13-15-31)23-16-28-33(26(35)25(23)27)21-8-6-5-7-9-21/h5-9,16,18H,10-15,17H2,1-4H3. The van der Waals surface area contributed by atoms with Crippen LogP contribution in [0.4, 0.5) is 5.69 Å². The van der Waals surface area contributed by atoms with Crippen LogP contribution in [0.2, 0.25) is 5.02 Å². The Morgan fingerprint density at radius 1 is 1.09 bits per heavy atom.